The van der Waals surface area contributed by atoms with Gasteiger partial charge in [-0.15, -0.1) is 0 Å². The van der Waals surface area contributed by atoms with Crippen LogP contribution in [0, 0.1) is 11.6 Å². The van der Waals surface area contributed by atoms with E-state index in [0.29, 0.717) is 17.6 Å². The van der Waals surface area contributed by atoms with Gasteiger partial charge in [0.1, 0.15) is 5.82 Å². The first-order chi connectivity index (χ1) is 13.5. The Morgan fingerprint density at radius 3 is 2.79 bits per heavy atom. The van der Waals surface area contributed by atoms with E-state index in [4.69, 9.17) is 10.5 Å². The highest BCUT2D eigenvalue weighted by Gasteiger charge is 2.21. The second-order valence-electron chi connectivity index (χ2n) is 6.59. The summed E-state index contributed by atoms with van der Waals surface area (Å²) in [4.78, 5) is 11.1. The summed E-state index contributed by atoms with van der Waals surface area (Å²) in [6.45, 7) is 4.57. The summed E-state index contributed by atoms with van der Waals surface area (Å²) < 4.78 is 35.0. The van der Waals surface area contributed by atoms with Gasteiger partial charge in [-0.1, -0.05) is 6.07 Å². The van der Waals surface area contributed by atoms with Crippen molar-refractivity contribution in [3.05, 3.63) is 29.8 Å². The van der Waals surface area contributed by atoms with Gasteiger partial charge in [0.25, 0.3) is 0 Å². The summed E-state index contributed by atoms with van der Waals surface area (Å²) in [5, 5.41) is 7.81. The third-order valence-electron chi connectivity index (χ3n) is 4.76. The summed E-state index contributed by atoms with van der Waals surface area (Å²) in [6.07, 6.45) is 0. The summed E-state index contributed by atoms with van der Waals surface area (Å²) in [5.41, 5.74) is 6.63. The van der Waals surface area contributed by atoms with Crippen molar-refractivity contribution in [1.29, 1.82) is 0 Å². The zero-order chi connectivity index (χ0) is 19.7. The van der Waals surface area contributed by atoms with Gasteiger partial charge in [-0.05, 0) is 12.1 Å². The summed E-state index contributed by atoms with van der Waals surface area (Å²) in [6, 6.07) is 3.95. The van der Waals surface area contributed by atoms with Gasteiger partial charge in [0.15, 0.2) is 17.3 Å². The number of nitrogen functional groups attached to an aromatic ring is 1. The molecule has 0 spiro atoms. The zero-order valence-electron chi connectivity index (χ0n) is 15.5. The first kappa shape index (κ1) is 18.5. The van der Waals surface area contributed by atoms with Crippen molar-refractivity contribution in [2.24, 2.45) is 7.05 Å². The first-order valence-corrected chi connectivity index (χ1v) is 9.03. The van der Waals surface area contributed by atoms with Crippen molar-refractivity contribution in [3.8, 4) is 11.3 Å². The van der Waals surface area contributed by atoms with Crippen LogP contribution in [0.5, 0.6) is 0 Å². The zero-order valence-corrected chi connectivity index (χ0v) is 15.5. The molecule has 1 saturated heterocycles. The molecule has 0 amide bonds. The van der Waals surface area contributed by atoms with Gasteiger partial charge < -0.3 is 15.8 Å². The van der Waals surface area contributed by atoms with E-state index < -0.39 is 11.6 Å². The van der Waals surface area contributed by atoms with Crippen LogP contribution in [0.2, 0.25) is 0 Å². The number of aromatic nitrogens is 4. The molecule has 0 unspecified atom stereocenters. The Kier molecular flexibility index (Phi) is 5.05. The van der Waals surface area contributed by atoms with Crippen LogP contribution >= 0.6 is 0 Å². The Labute approximate surface area is 160 Å². The maximum Gasteiger partial charge on any atom is 0.225 e. The predicted octanol–water partition coefficient (Wildman–Crippen LogP) is 1.63. The van der Waals surface area contributed by atoms with Gasteiger partial charge in [0.05, 0.1) is 24.3 Å². The van der Waals surface area contributed by atoms with E-state index in [2.05, 4.69) is 25.3 Å². The lowest BCUT2D eigenvalue weighted by atomic mass is 10.1. The molecule has 0 saturated carbocycles. The standard InChI is InChI=1S/C18H21F2N7O/c1-26-16(21)13-15(11-3-2-4-12(19)14(11)20)23-18(24-17(13)25-26)22-5-6-27-7-9-28-10-8-27/h2-4H,5-10,21H2,1H3,(H,22,24,25). The van der Waals surface area contributed by atoms with E-state index in [9.17, 15) is 8.78 Å². The van der Waals surface area contributed by atoms with Crippen molar-refractivity contribution in [3.63, 3.8) is 0 Å². The largest absolute Gasteiger partial charge is 0.383 e. The minimum absolute atomic E-state index is 0.0170. The lowest BCUT2D eigenvalue weighted by molar-refractivity contribution is 0.0398. The van der Waals surface area contributed by atoms with E-state index in [1.165, 1.54) is 16.8 Å². The van der Waals surface area contributed by atoms with Crippen molar-refractivity contribution < 1.29 is 13.5 Å². The van der Waals surface area contributed by atoms with Crippen LogP contribution in [0.3, 0.4) is 0 Å². The van der Waals surface area contributed by atoms with Gasteiger partial charge in [-0.2, -0.15) is 10.1 Å². The molecule has 0 aliphatic carbocycles. The number of fused-ring (bicyclic) bond motifs is 1. The average Bonchev–Trinajstić information content (AvgIpc) is 2.98. The Balaban J connectivity index is 1.68. The van der Waals surface area contributed by atoms with Gasteiger partial charge in [0, 0.05) is 38.8 Å². The lowest BCUT2D eigenvalue weighted by Crippen LogP contribution is -2.39. The van der Waals surface area contributed by atoms with Crippen LogP contribution in [0.15, 0.2) is 18.2 Å². The molecule has 8 nitrogen and oxygen atoms in total. The van der Waals surface area contributed by atoms with Crippen LogP contribution in [0.25, 0.3) is 22.3 Å². The number of anilines is 2. The highest BCUT2D eigenvalue weighted by atomic mass is 19.2. The van der Waals surface area contributed by atoms with Crippen LogP contribution in [0.4, 0.5) is 20.5 Å². The first-order valence-electron chi connectivity index (χ1n) is 9.03. The second-order valence-corrected chi connectivity index (χ2v) is 6.59. The fraction of sp³-hybridized carbons (Fsp3) is 0.389. The van der Waals surface area contributed by atoms with Crippen LogP contribution < -0.4 is 11.1 Å². The number of rotatable bonds is 5. The fourth-order valence-electron chi connectivity index (χ4n) is 3.23. The van der Waals surface area contributed by atoms with E-state index in [1.807, 2.05) is 0 Å². The third kappa shape index (κ3) is 3.48. The number of hydrogen-bond donors (Lipinski definition) is 2. The topological polar surface area (TPSA) is 94.1 Å². The number of nitrogens with zero attached hydrogens (tertiary/aromatic N) is 5. The second kappa shape index (κ2) is 7.64. The van der Waals surface area contributed by atoms with Crippen LogP contribution in [-0.4, -0.2) is 64.0 Å². The van der Waals surface area contributed by atoms with Gasteiger partial charge in [-0.3, -0.25) is 9.58 Å². The third-order valence-corrected chi connectivity index (χ3v) is 4.76. The molecular weight excluding hydrogens is 368 g/mol. The maximum absolute atomic E-state index is 14.4. The van der Waals surface area contributed by atoms with E-state index in [0.717, 1.165) is 38.9 Å². The molecule has 1 aromatic carbocycles. The van der Waals surface area contributed by atoms with Crippen molar-refractivity contribution >= 4 is 22.8 Å². The summed E-state index contributed by atoms with van der Waals surface area (Å²) in [7, 11) is 1.66. The van der Waals surface area contributed by atoms with Crippen molar-refractivity contribution in [1.82, 2.24) is 24.6 Å². The number of nitrogens with one attached hydrogen (secondary N) is 1. The monoisotopic (exact) mass is 389 g/mol. The van der Waals surface area contributed by atoms with Gasteiger partial charge in [-0.25, -0.2) is 13.8 Å². The number of benzene rings is 1. The fourth-order valence-corrected chi connectivity index (χ4v) is 3.23. The number of halogens is 2. The molecule has 3 heterocycles. The van der Waals surface area contributed by atoms with Crippen molar-refractivity contribution in [2.75, 3.05) is 50.4 Å². The van der Waals surface area contributed by atoms with Crippen LogP contribution in [0.1, 0.15) is 0 Å². The molecule has 1 fully saturated rings. The molecule has 2 aromatic heterocycles. The Hall–Kier alpha value is -2.85. The Morgan fingerprint density at radius 1 is 1.21 bits per heavy atom. The smallest absolute Gasteiger partial charge is 0.225 e. The minimum Gasteiger partial charge on any atom is -0.383 e. The Morgan fingerprint density at radius 2 is 2.00 bits per heavy atom. The van der Waals surface area contributed by atoms with Crippen molar-refractivity contribution in [2.45, 2.75) is 0 Å². The van der Waals surface area contributed by atoms with Crippen LogP contribution in [-0.2, 0) is 11.8 Å². The summed E-state index contributed by atoms with van der Waals surface area (Å²) in [5.74, 6) is -1.36. The Bertz CT molecular complexity index is 1000. The molecule has 0 atom stereocenters. The maximum atomic E-state index is 14.4. The number of hydrogen-bond acceptors (Lipinski definition) is 7. The molecule has 148 valence electrons. The number of ether oxygens (including phenoxy) is 1. The lowest BCUT2D eigenvalue weighted by Gasteiger charge is -2.26. The van der Waals surface area contributed by atoms with E-state index in [1.54, 1.807) is 7.05 Å². The molecule has 3 aromatic rings. The van der Waals surface area contributed by atoms with Gasteiger partial charge in [0.2, 0.25) is 5.95 Å². The molecular formula is C18H21F2N7O. The highest BCUT2D eigenvalue weighted by molar-refractivity contribution is 5.99. The minimum atomic E-state index is -0.981. The highest BCUT2D eigenvalue weighted by Crippen LogP contribution is 2.33. The molecule has 0 bridgehead atoms. The molecule has 3 N–H and O–H groups in total. The molecule has 10 heteroatoms. The SMILES string of the molecule is Cn1nc2nc(NCCN3CCOCC3)nc(-c3cccc(F)c3F)c2c1N. The number of aryl methyl sites for hydroxylation is 1. The summed E-state index contributed by atoms with van der Waals surface area (Å²) >= 11 is 0. The normalized spacial score (nSPS) is 15.2. The molecule has 0 radical (unpaired) electrons. The predicted molar refractivity (Wildman–Crippen MR) is 102 cm³/mol. The quantitative estimate of drug-likeness (QED) is 0.685. The molecule has 28 heavy (non-hydrogen) atoms. The number of nitrogens with two attached hydrogens (primary N) is 1. The molecule has 1 aliphatic rings. The average molecular weight is 389 g/mol. The van der Waals surface area contributed by atoms with Gasteiger partial charge >= 0.3 is 0 Å². The molecule has 4 rings (SSSR count). The van der Waals surface area contributed by atoms with E-state index >= 15 is 0 Å². The number of morpholine rings is 1. The molecule has 1 aliphatic heterocycles. The van der Waals surface area contributed by atoms with E-state index in [-0.39, 0.29) is 23.0 Å².